The van der Waals surface area contributed by atoms with E-state index in [0.717, 1.165) is 12.8 Å². The van der Waals surface area contributed by atoms with Gasteiger partial charge in [0.05, 0.1) is 22.2 Å². The first kappa shape index (κ1) is 13.5. The molecule has 1 aliphatic rings. The maximum atomic E-state index is 11.7. The van der Waals surface area contributed by atoms with Crippen molar-refractivity contribution in [2.75, 3.05) is 11.9 Å². The number of nitro groups is 1. The van der Waals surface area contributed by atoms with Crippen molar-refractivity contribution in [1.82, 2.24) is 9.97 Å². The lowest BCUT2D eigenvalue weighted by Crippen LogP contribution is -2.31. The van der Waals surface area contributed by atoms with Crippen molar-refractivity contribution < 1.29 is 4.92 Å². The van der Waals surface area contributed by atoms with E-state index in [4.69, 9.17) is 5.73 Å². The highest BCUT2D eigenvalue weighted by Gasteiger charge is 2.28. The smallest absolute Gasteiger partial charge is 0.293 e. The van der Waals surface area contributed by atoms with Gasteiger partial charge < -0.3 is 16.0 Å². The summed E-state index contributed by atoms with van der Waals surface area (Å²) in [7, 11) is 0. The molecule has 1 saturated carbocycles. The lowest BCUT2D eigenvalue weighted by Gasteiger charge is -2.13. The van der Waals surface area contributed by atoms with Crippen LogP contribution < -0.4 is 16.6 Å². The van der Waals surface area contributed by atoms with E-state index in [1.54, 1.807) is 0 Å². The van der Waals surface area contributed by atoms with Crippen LogP contribution in [0.15, 0.2) is 23.3 Å². The number of nitrogens with one attached hydrogen (secondary N) is 2. The Labute approximate surface area is 119 Å². The van der Waals surface area contributed by atoms with Crippen molar-refractivity contribution in [3.05, 3.63) is 38.9 Å². The fraction of sp³-hybridized carbons (Fsp3) is 0.385. The number of fused-ring (bicyclic) bond motifs is 1. The number of nitro benzene ring substituents is 1. The van der Waals surface area contributed by atoms with Gasteiger partial charge in [0.1, 0.15) is 5.69 Å². The average molecular weight is 289 g/mol. The predicted molar refractivity (Wildman–Crippen MR) is 78.2 cm³/mol. The molecular formula is C13H15N5O3. The number of nitrogens with zero attached hydrogens (tertiary/aromatic N) is 2. The Morgan fingerprint density at radius 1 is 1.52 bits per heavy atom. The topological polar surface area (TPSA) is 127 Å². The third-order valence-corrected chi connectivity index (χ3v) is 3.71. The fourth-order valence-electron chi connectivity index (χ4n) is 2.32. The molecule has 0 saturated heterocycles. The first-order valence-corrected chi connectivity index (χ1v) is 6.71. The molecule has 1 atom stereocenters. The molecule has 1 aromatic heterocycles. The van der Waals surface area contributed by atoms with E-state index in [9.17, 15) is 14.9 Å². The van der Waals surface area contributed by atoms with Gasteiger partial charge in [0.25, 0.3) is 11.2 Å². The second-order valence-electron chi connectivity index (χ2n) is 5.26. The van der Waals surface area contributed by atoms with Crippen molar-refractivity contribution >= 4 is 22.3 Å². The van der Waals surface area contributed by atoms with Gasteiger partial charge in [-0.25, -0.2) is 4.98 Å². The molecule has 0 spiro atoms. The van der Waals surface area contributed by atoms with E-state index >= 15 is 0 Å². The van der Waals surface area contributed by atoms with Crippen LogP contribution in [0.2, 0.25) is 0 Å². The van der Waals surface area contributed by atoms with Crippen LogP contribution in [0.4, 0.5) is 11.4 Å². The zero-order chi connectivity index (χ0) is 15.0. The summed E-state index contributed by atoms with van der Waals surface area (Å²) in [6.45, 7) is 0.459. The van der Waals surface area contributed by atoms with Crippen LogP contribution >= 0.6 is 0 Å². The van der Waals surface area contributed by atoms with Crippen LogP contribution in [0, 0.1) is 16.0 Å². The van der Waals surface area contributed by atoms with E-state index in [0.29, 0.717) is 23.7 Å². The van der Waals surface area contributed by atoms with Gasteiger partial charge in [0.15, 0.2) is 0 Å². The minimum absolute atomic E-state index is 0.0209. The fourth-order valence-corrected chi connectivity index (χ4v) is 2.32. The molecule has 1 aromatic carbocycles. The molecule has 1 fully saturated rings. The zero-order valence-electron chi connectivity index (χ0n) is 11.2. The highest BCUT2D eigenvalue weighted by atomic mass is 16.6. The molecule has 8 heteroatoms. The third kappa shape index (κ3) is 2.70. The Balaban J connectivity index is 1.96. The number of H-pyrrole nitrogens is 1. The number of aromatic nitrogens is 2. The Morgan fingerprint density at radius 2 is 2.29 bits per heavy atom. The van der Waals surface area contributed by atoms with Crippen LogP contribution in [0.1, 0.15) is 12.8 Å². The van der Waals surface area contributed by atoms with Crippen molar-refractivity contribution in [3.63, 3.8) is 0 Å². The van der Waals surface area contributed by atoms with Crippen molar-refractivity contribution in [2.45, 2.75) is 18.9 Å². The van der Waals surface area contributed by atoms with Gasteiger partial charge in [-0.05, 0) is 24.8 Å². The largest absolute Gasteiger partial charge is 0.378 e. The second kappa shape index (κ2) is 5.13. The molecule has 1 aliphatic carbocycles. The highest BCUT2D eigenvalue weighted by molar-refractivity contribution is 5.86. The predicted octanol–water partition coefficient (Wildman–Crippen LogP) is 0.980. The van der Waals surface area contributed by atoms with Gasteiger partial charge in [0.2, 0.25) is 0 Å². The minimum Gasteiger partial charge on any atom is -0.378 e. The third-order valence-electron chi connectivity index (χ3n) is 3.71. The van der Waals surface area contributed by atoms with Crippen LogP contribution in [0.25, 0.3) is 10.9 Å². The molecule has 0 radical (unpaired) electrons. The van der Waals surface area contributed by atoms with Crippen LogP contribution in [0.5, 0.6) is 0 Å². The maximum Gasteiger partial charge on any atom is 0.293 e. The Morgan fingerprint density at radius 3 is 2.95 bits per heavy atom. The lowest BCUT2D eigenvalue weighted by atomic mass is 10.1. The summed E-state index contributed by atoms with van der Waals surface area (Å²) in [5, 5.41) is 14.4. The summed E-state index contributed by atoms with van der Waals surface area (Å²) in [4.78, 5) is 28.8. The Kier molecular flexibility index (Phi) is 3.30. The number of rotatable bonds is 5. The van der Waals surface area contributed by atoms with Crippen molar-refractivity contribution in [1.29, 1.82) is 0 Å². The minimum atomic E-state index is -0.517. The average Bonchev–Trinajstić information content (AvgIpc) is 3.28. The summed E-state index contributed by atoms with van der Waals surface area (Å²) in [6, 6.07) is 2.74. The van der Waals surface area contributed by atoms with E-state index < -0.39 is 10.5 Å². The van der Waals surface area contributed by atoms with Gasteiger partial charge in [-0.15, -0.1) is 0 Å². The molecule has 0 aliphatic heterocycles. The number of hydrogen-bond acceptors (Lipinski definition) is 6. The second-order valence-corrected chi connectivity index (χ2v) is 5.26. The number of anilines is 1. The molecule has 21 heavy (non-hydrogen) atoms. The van der Waals surface area contributed by atoms with Crippen LogP contribution in [0.3, 0.4) is 0 Å². The molecule has 2 aromatic rings. The molecule has 1 heterocycles. The molecule has 3 rings (SSSR count). The Hall–Kier alpha value is -2.48. The van der Waals surface area contributed by atoms with Crippen LogP contribution in [-0.2, 0) is 0 Å². The zero-order valence-corrected chi connectivity index (χ0v) is 11.2. The standard InChI is InChI=1S/C13H15N5O3/c14-9(7-1-2-7)5-15-11-4-10-8(3-12(11)18(20)21)13(19)17-6-16-10/h3-4,6-7,9,15H,1-2,5,14H2,(H,16,17,19). The SMILES string of the molecule is NC(CNc1cc2nc[nH]c(=O)c2cc1[N+](=O)[O-])C1CC1. The lowest BCUT2D eigenvalue weighted by molar-refractivity contribution is -0.383. The van der Waals surface area contributed by atoms with Gasteiger partial charge in [-0.3, -0.25) is 14.9 Å². The summed E-state index contributed by atoms with van der Waals surface area (Å²) in [5.74, 6) is 0.498. The van der Waals surface area contributed by atoms with Crippen LogP contribution in [-0.4, -0.2) is 27.5 Å². The quantitative estimate of drug-likeness (QED) is 0.556. The van der Waals surface area contributed by atoms with Gasteiger partial charge in [-0.1, -0.05) is 0 Å². The first-order valence-electron chi connectivity index (χ1n) is 6.71. The van der Waals surface area contributed by atoms with E-state index in [2.05, 4.69) is 15.3 Å². The highest BCUT2D eigenvalue weighted by Crippen LogP contribution is 2.32. The molecule has 1 unspecified atom stereocenters. The molecule has 0 bridgehead atoms. The summed E-state index contributed by atoms with van der Waals surface area (Å²) < 4.78 is 0. The molecular weight excluding hydrogens is 274 g/mol. The molecule has 8 nitrogen and oxygen atoms in total. The number of nitrogens with two attached hydrogens (primary N) is 1. The van der Waals surface area contributed by atoms with Gasteiger partial charge >= 0.3 is 0 Å². The monoisotopic (exact) mass is 289 g/mol. The maximum absolute atomic E-state index is 11.7. The van der Waals surface area contributed by atoms with E-state index in [-0.39, 0.29) is 17.1 Å². The summed E-state index contributed by atoms with van der Waals surface area (Å²) >= 11 is 0. The number of aromatic amines is 1. The molecule has 4 N–H and O–H groups in total. The van der Waals surface area contributed by atoms with Gasteiger partial charge in [0, 0.05) is 18.7 Å². The summed E-state index contributed by atoms with van der Waals surface area (Å²) in [5.41, 5.74) is 6.18. The number of hydrogen-bond donors (Lipinski definition) is 3. The molecule has 0 amide bonds. The Bertz CT molecular complexity index is 753. The first-order chi connectivity index (χ1) is 10.1. The summed E-state index contributed by atoms with van der Waals surface area (Å²) in [6.07, 6.45) is 3.50. The van der Waals surface area contributed by atoms with Crippen molar-refractivity contribution in [2.24, 2.45) is 11.7 Å². The molecule has 110 valence electrons. The van der Waals surface area contributed by atoms with E-state index in [1.807, 2.05) is 0 Å². The van der Waals surface area contributed by atoms with E-state index in [1.165, 1.54) is 18.5 Å². The van der Waals surface area contributed by atoms with Crippen molar-refractivity contribution in [3.8, 4) is 0 Å². The van der Waals surface area contributed by atoms with Gasteiger partial charge in [-0.2, -0.15) is 0 Å². The normalized spacial score (nSPS) is 15.9. The number of benzene rings is 1.